The first-order valence-electron chi connectivity index (χ1n) is 11.6. The van der Waals surface area contributed by atoms with E-state index < -0.39 is 11.6 Å². The number of nitrogens with zero attached hydrogens (tertiary/aromatic N) is 1. The van der Waals surface area contributed by atoms with E-state index in [1.807, 2.05) is 51.1 Å². The van der Waals surface area contributed by atoms with Gasteiger partial charge in [-0.1, -0.05) is 71.2 Å². The summed E-state index contributed by atoms with van der Waals surface area (Å²) in [5, 5.41) is 4.34. The molecule has 0 aliphatic heterocycles. The zero-order valence-electron chi connectivity index (χ0n) is 20.7. The summed E-state index contributed by atoms with van der Waals surface area (Å²) < 4.78 is 6.44. The van der Waals surface area contributed by atoms with Crippen molar-refractivity contribution in [2.75, 3.05) is 6.61 Å². The molecule has 3 aromatic rings. The zero-order valence-corrected chi connectivity index (χ0v) is 24.6. The Morgan fingerprint density at radius 1 is 0.946 bits per heavy atom. The summed E-state index contributed by atoms with van der Waals surface area (Å²) in [7, 11) is 0. The first-order valence-corrected chi connectivity index (χ1v) is 13.5. The smallest absolute Gasteiger partial charge is 0.261 e. The van der Waals surface area contributed by atoms with Gasteiger partial charge in [-0.15, -0.1) is 0 Å². The van der Waals surface area contributed by atoms with Crippen LogP contribution in [0, 0.1) is 0 Å². The third-order valence-electron chi connectivity index (χ3n) is 5.35. The van der Waals surface area contributed by atoms with Crippen molar-refractivity contribution < 1.29 is 14.3 Å². The van der Waals surface area contributed by atoms with Gasteiger partial charge in [0.05, 0.1) is 14.5 Å². The Hall–Kier alpha value is -2.25. The third kappa shape index (κ3) is 8.92. The molecule has 0 aliphatic rings. The highest BCUT2D eigenvalue weighted by Crippen LogP contribution is 2.28. The number of nitrogens with one attached hydrogen (secondary N) is 1. The van der Waals surface area contributed by atoms with Crippen molar-refractivity contribution in [1.82, 2.24) is 10.2 Å². The lowest BCUT2D eigenvalue weighted by atomic mass is 10.0. The van der Waals surface area contributed by atoms with Gasteiger partial charge >= 0.3 is 0 Å². The van der Waals surface area contributed by atoms with Gasteiger partial charge < -0.3 is 15.0 Å². The van der Waals surface area contributed by atoms with Crippen LogP contribution in [0.15, 0.2) is 71.2 Å². The molecule has 3 aromatic carbocycles. The molecule has 1 N–H and O–H groups in total. The Morgan fingerprint density at radius 3 is 2.27 bits per heavy atom. The fourth-order valence-corrected chi connectivity index (χ4v) is 4.77. The molecule has 2 amide bonds. The molecule has 9 heteroatoms. The van der Waals surface area contributed by atoms with Crippen LogP contribution in [-0.4, -0.2) is 34.9 Å². The number of ether oxygens (including phenoxy) is 1. The van der Waals surface area contributed by atoms with E-state index in [1.54, 1.807) is 36.4 Å². The van der Waals surface area contributed by atoms with Gasteiger partial charge in [0.2, 0.25) is 5.91 Å². The average Bonchev–Trinajstić information content (AvgIpc) is 2.82. The lowest BCUT2D eigenvalue weighted by Crippen LogP contribution is -2.55. The summed E-state index contributed by atoms with van der Waals surface area (Å²) in [4.78, 5) is 28.8. The molecule has 0 fully saturated rings. The SMILES string of the molecule is CC(C)(C)NC(=O)[C@@H](Cc1ccccc1)N(Cc1ccc(Cl)c(Cl)c1)C(=O)COc1ccc(Cl)cc1Br. The molecule has 0 unspecified atom stereocenters. The molecule has 5 nitrogen and oxygen atoms in total. The summed E-state index contributed by atoms with van der Waals surface area (Å²) >= 11 is 21.8. The monoisotopic (exact) mass is 624 g/mol. The Labute approximate surface area is 241 Å². The lowest BCUT2D eigenvalue weighted by molar-refractivity contribution is -0.143. The van der Waals surface area contributed by atoms with Crippen LogP contribution in [0.3, 0.4) is 0 Å². The van der Waals surface area contributed by atoms with E-state index >= 15 is 0 Å². The summed E-state index contributed by atoms with van der Waals surface area (Å²) in [6.45, 7) is 5.55. The minimum absolute atomic E-state index is 0.135. The summed E-state index contributed by atoms with van der Waals surface area (Å²) in [6.07, 6.45) is 0.320. The number of hydrogen-bond donors (Lipinski definition) is 1. The fourth-order valence-electron chi connectivity index (χ4n) is 3.66. The van der Waals surface area contributed by atoms with Gasteiger partial charge in [-0.3, -0.25) is 9.59 Å². The molecule has 0 saturated heterocycles. The van der Waals surface area contributed by atoms with Crippen LogP contribution in [0.4, 0.5) is 0 Å². The van der Waals surface area contributed by atoms with Gasteiger partial charge in [0, 0.05) is 23.5 Å². The molecule has 0 bridgehead atoms. The van der Waals surface area contributed by atoms with E-state index in [-0.39, 0.29) is 25.0 Å². The van der Waals surface area contributed by atoms with Gasteiger partial charge in [-0.05, 0) is 78.2 Å². The third-order valence-corrected chi connectivity index (χ3v) is 6.95. The molecular weight excluding hydrogens is 599 g/mol. The average molecular weight is 627 g/mol. The topological polar surface area (TPSA) is 58.6 Å². The number of hydrogen-bond acceptors (Lipinski definition) is 3. The molecule has 0 saturated carbocycles. The van der Waals surface area contributed by atoms with Gasteiger partial charge in [0.15, 0.2) is 6.61 Å². The van der Waals surface area contributed by atoms with Crippen LogP contribution in [0.5, 0.6) is 5.75 Å². The summed E-state index contributed by atoms with van der Waals surface area (Å²) in [5.74, 6) is -0.165. The molecule has 196 valence electrons. The second kappa shape index (κ2) is 13.0. The number of carbonyl (C=O) groups is 2. The molecule has 0 spiro atoms. The minimum Gasteiger partial charge on any atom is -0.483 e. The Balaban J connectivity index is 1.96. The first-order chi connectivity index (χ1) is 17.4. The molecule has 0 aromatic heterocycles. The molecule has 0 heterocycles. The summed E-state index contributed by atoms with van der Waals surface area (Å²) in [5.41, 5.74) is 1.16. The minimum atomic E-state index is -0.805. The normalized spacial score (nSPS) is 12.1. The van der Waals surface area contributed by atoms with Crippen molar-refractivity contribution in [3.8, 4) is 5.75 Å². The van der Waals surface area contributed by atoms with Gasteiger partial charge in [-0.2, -0.15) is 0 Å². The second-order valence-corrected chi connectivity index (χ2v) is 11.7. The van der Waals surface area contributed by atoms with Crippen LogP contribution < -0.4 is 10.1 Å². The van der Waals surface area contributed by atoms with E-state index in [9.17, 15) is 9.59 Å². The predicted molar refractivity (Wildman–Crippen MR) is 153 cm³/mol. The van der Waals surface area contributed by atoms with Crippen molar-refractivity contribution in [3.63, 3.8) is 0 Å². The maximum atomic E-state index is 13.7. The largest absolute Gasteiger partial charge is 0.483 e. The Morgan fingerprint density at radius 2 is 1.65 bits per heavy atom. The van der Waals surface area contributed by atoms with Crippen molar-refractivity contribution in [1.29, 1.82) is 0 Å². The van der Waals surface area contributed by atoms with E-state index in [4.69, 9.17) is 39.5 Å². The number of carbonyl (C=O) groups excluding carboxylic acids is 2. The first kappa shape index (κ1) is 29.3. The van der Waals surface area contributed by atoms with Crippen molar-refractivity contribution >= 4 is 62.5 Å². The number of halogens is 4. The molecule has 0 radical (unpaired) electrons. The maximum absolute atomic E-state index is 13.7. The molecule has 3 rings (SSSR count). The zero-order chi connectivity index (χ0) is 27.2. The van der Waals surface area contributed by atoms with Crippen LogP contribution in [0.2, 0.25) is 15.1 Å². The highest BCUT2D eigenvalue weighted by atomic mass is 79.9. The Kier molecular flexibility index (Phi) is 10.3. The lowest BCUT2D eigenvalue weighted by Gasteiger charge is -2.34. The van der Waals surface area contributed by atoms with Crippen LogP contribution in [0.25, 0.3) is 0 Å². The van der Waals surface area contributed by atoms with Crippen LogP contribution in [0.1, 0.15) is 31.9 Å². The fraction of sp³-hybridized carbons (Fsp3) is 0.286. The quantitative estimate of drug-likeness (QED) is 0.270. The second-order valence-electron chi connectivity index (χ2n) is 9.58. The molecular formula is C28H28BrCl3N2O3. The van der Waals surface area contributed by atoms with Gasteiger partial charge in [0.25, 0.3) is 5.91 Å². The van der Waals surface area contributed by atoms with Crippen molar-refractivity contribution in [2.24, 2.45) is 0 Å². The highest BCUT2D eigenvalue weighted by Gasteiger charge is 2.32. The molecule has 37 heavy (non-hydrogen) atoms. The Bertz CT molecular complexity index is 1250. The number of rotatable bonds is 9. The molecule has 1 atom stereocenters. The van der Waals surface area contributed by atoms with Gasteiger partial charge in [-0.25, -0.2) is 0 Å². The number of benzene rings is 3. The van der Waals surface area contributed by atoms with Gasteiger partial charge in [0.1, 0.15) is 11.8 Å². The maximum Gasteiger partial charge on any atom is 0.261 e. The number of amides is 2. The van der Waals surface area contributed by atoms with E-state index in [2.05, 4.69) is 21.2 Å². The van der Waals surface area contributed by atoms with Crippen LogP contribution >= 0.6 is 50.7 Å². The van der Waals surface area contributed by atoms with E-state index in [0.29, 0.717) is 31.7 Å². The predicted octanol–water partition coefficient (Wildman–Crippen LogP) is 7.34. The van der Waals surface area contributed by atoms with Crippen molar-refractivity contribution in [2.45, 2.75) is 45.3 Å². The van der Waals surface area contributed by atoms with E-state index in [0.717, 1.165) is 11.1 Å². The highest BCUT2D eigenvalue weighted by molar-refractivity contribution is 9.10. The van der Waals surface area contributed by atoms with E-state index in [1.165, 1.54) is 4.90 Å². The summed E-state index contributed by atoms with van der Waals surface area (Å²) in [6, 6.07) is 19.0. The van der Waals surface area contributed by atoms with Crippen LogP contribution in [-0.2, 0) is 22.6 Å². The standard InChI is InChI=1S/C28H28BrCl3N2O3/c1-28(2,3)33-27(36)24(14-18-7-5-4-6-8-18)34(16-19-9-11-22(31)23(32)13-19)26(35)17-37-25-12-10-20(30)15-21(25)29/h4-13,15,24H,14,16-17H2,1-3H3,(H,33,36)/t24-/m1/s1. The van der Waals surface area contributed by atoms with Crippen molar-refractivity contribution in [3.05, 3.63) is 97.4 Å². The molecule has 0 aliphatic carbocycles.